The average molecular weight is 312 g/mol. The van der Waals surface area contributed by atoms with Crippen molar-refractivity contribution in [3.63, 3.8) is 0 Å². The first-order valence-electron chi connectivity index (χ1n) is 6.58. The van der Waals surface area contributed by atoms with Gasteiger partial charge in [0.2, 0.25) is 0 Å². The summed E-state index contributed by atoms with van der Waals surface area (Å²) in [6.07, 6.45) is -0.449. The Morgan fingerprint density at radius 2 is 2.19 bits per heavy atom. The minimum absolute atomic E-state index is 0.171. The summed E-state index contributed by atoms with van der Waals surface area (Å²) >= 11 is 5.94. The SMILES string of the molecule is CN(Cc1nc(Cl)cc2c1CNC2=O)C(=O)OC(C)(C)C. The topological polar surface area (TPSA) is 71.5 Å². The van der Waals surface area contributed by atoms with Crippen molar-refractivity contribution in [1.82, 2.24) is 15.2 Å². The third-order valence-electron chi connectivity index (χ3n) is 2.94. The lowest BCUT2D eigenvalue weighted by atomic mass is 10.1. The predicted octanol–water partition coefficient (Wildman–Crippen LogP) is 2.35. The molecule has 0 radical (unpaired) electrons. The highest BCUT2D eigenvalue weighted by atomic mass is 35.5. The van der Waals surface area contributed by atoms with E-state index in [9.17, 15) is 9.59 Å². The normalized spacial score (nSPS) is 13.7. The number of nitrogens with zero attached hydrogens (tertiary/aromatic N) is 2. The molecule has 2 amide bonds. The van der Waals surface area contributed by atoms with Crippen molar-refractivity contribution in [2.45, 2.75) is 39.5 Å². The molecule has 6 nitrogen and oxygen atoms in total. The zero-order chi connectivity index (χ0) is 15.8. The van der Waals surface area contributed by atoms with Crippen LogP contribution < -0.4 is 5.32 Å². The van der Waals surface area contributed by atoms with Crippen molar-refractivity contribution in [3.05, 3.63) is 28.0 Å². The van der Waals surface area contributed by atoms with Gasteiger partial charge in [-0.1, -0.05) is 11.6 Å². The van der Waals surface area contributed by atoms with Gasteiger partial charge in [-0.2, -0.15) is 0 Å². The number of halogens is 1. The van der Waals surface area contributed by atoms with Gasteiger partial charge in [0, 0.05) is 24.7 Å². The quantitative estimate of drug-likeness (QED) is 0.851. The molecule has 1 aromatic rings. The van der Waals surface area contributed by atoms with E-state index in [4.69, 9.17) is 16.3 Å². The fourth-order valence-electron chi connectivity index (χ4n) is 2.01. The second kappa shape index (κ2) is 5.52. The lowest BCUT2D eigenvalue weighted by Crippen LogP contribution is -2.34. The van der Waals surface area contributed by atoms with Crippen LogP contribution >= 0.6 is 11.6 Å². The molecule has 2 rings (SSSR count). The maximum Gasteiger partial charge on any atom is 0.410 e. The van der Waals surface area contributed by atoms with Crippen molar-refractivity contribution < 1.29 is 14.3 Å². The Morgan fingerprint density at radius 1 is 1.52 bits per heavy atom. The first kappa shape index (κ1) is 15.6. The van der Waals surface area contributed by atoms with E-state index in [-0.39, 0.29) is 17.6 Å². The van der Waals surface area contributed by atoms with Crippen molar-refractivity contribution >= 4 is 23.6 Å². The largest absolute Gasteiger partial charge is 0.444 e. The molecule has 1 N–H and O–H groups in total. The molecule has 21 heavy (non-hydrogen) atoms. The number of rotatable bonds is 2. The van der Waals surface area contributed by atoms with Crippen molar-refractivity contribution in [2.75, 3.05) is 7.05 Å². The van der Waals surface area contributed by atoms with Crippen molar-refractivity contribution in [2.24, 2.45) is 0 Å². The Labute approximate surface area is 128 Å². The summed E-state index contributed by atoms with van der Waals surface area (Å²) in [5, 5.41) is 2.96. The second-order valence-corrected chi connectivity index (χ2v) is 6.32. The van der Waals surface area contributed by atoms with E-state index in [1.807, 2.05) is 0 Å². The summed E-state index contributed by atoms with van der Waals surface area (Å²) in [4.78, 5) is 29.3. The van der Waals surface area contributed by atoms with Gasteiger partial charge in [-0.3, -0.25) is 4.79 Å². The number of pyridine rings is 1. The molecule has 0 saturated carbocycles. The van der Waals surface area contributed by atoms with Crippen LogP contribution in [0.2, 0.25) is 5.15 Å². The highest BCUT2D eigenvalue weighted by Gasteiger charge is 2.26. The minimum atomic E-state index is -0.563. The zero-order valence-electron chi connectivity index (χ0n) is 12.5. The van der Waals surface area contributed by atoms with Gasteiger partial charge in [-0.25, -0.2) is 9.78 Å². The molecule has 0 saturated heterocycles. The molecular weight excluding hydrogens is 294 g/mol. The van der Waals surface area contributed by atoms with Crippen molar-refractivity contribution in [3.8, 4) is 0 Å². The fourth-order valence-corrected chi connectivity index (χ4v) is 2.23. The number of carbonyl (C=O) groups excluding carboxylic acids is 2. The van der Waals surface area contributed by atoms with Crippen LogP contribution in [0.4, 0.5) is 4.79 Å². The third-order valence-corrected chi connectivity index (χ3v) is 3.13. The van der Waals surface area contributed by atoms with Crippen LogP contribution in [0.1, 0.15) is 42.4 Å². The molecule has 0 aliphatic carbocycles. The van der Waals surface area contributed by atoms with E-state index in [1.54, 1.807) is 27.8 Å². The van der Waals surface area contributed by atoms with Crippen LogP contribution in [0, 0.1) is 0 Å². The molecule has 1 aliphatic heterocycles. The molecule has 114 valence electrons. The monoisotopic (exact) mass is 311 g/mol. The van der Waals surface area contributed by atoms with Crippen LogP contribution in [-0.4, -0.2) is 34.5 Å². The molecule has 0 bridgehead atoms. The van der Waals surface area contributed by atoms with Gasteiger partial charge < -0.3 is 15.0 Å². The zero-order valence-corrected chi connectivity index (χ0v) is 13.2. The molecule has 0 unspecified atom stereocenters. The predicted molar refractivity (Wildman–Crippen MR) is 78.1 cm³/mol. The van der Waals surface area contributed by atoms with E-state index in [0.717, 1.165) is 5.56 Å². The second-order valence-electron chi connectivity index (χ2n) is 5.94. The van der Waals surface area contributed by atoms with Crippen LogP contribution in [0.15, 0.2) is 6.07 Å². The molecule has 1 aliphatic rings. The van der Waals surface area contributed by atoms with Gasteiger partial charge in [0.05, 0.1) is 12.2 Å². The fraction of sp³-hybridized carbons (Fsp3) is 0.500. The lowest BCUT2D eigenvalue weighted by molar-refractivity contribution is 0.0282. The van der Waals surface area contributed by atoms with E-state index in [0.29, 0.717) is 17.8 Å². The molecule has 0 fully saturated rings. The number of carbonyl (C=O) groups is 2. The Balaban J connectivity index is 2.19. The maximum atomic E-state index is 12.0. The van der Waals surface area contributed by atoms with Gasteiger partial charge in [0.25, 0.3) is 5.91 Å². The van der Waals surface area contributed by atoms with E-state index in [1.165, 1.54) is 11.0 Å². The Bertz CT molecular complexity index is 596. The smallest absolute Gasteiger partial charge is 0.410 e. The van der Waals surface area contributed by atoms with Crippen LogP contribution in [-0.2, 0) is 17.8 Å². The molecule has 7 heteroatoms. The number of hydrogen-bond donors (Lipinski definition) is 1. The number of aromatic nitrogens is 1. The van der Waals surface area contributed by atoms with Crippen molar-refractivity contribution in [1.29, 1.82) is 0 Å². The third kappa shape index (κ3) is 3.64. The van der Waals surface area contributed by atoms with E-state index in [2.05, 4.69) is 10.3 Å². The highest BCUT2D eigenvalue weighted by molar-refractivity contribution is 6.29. The number of hydrogen-bond acceptors (Lipinski definition) is 4. The Kier molecular flexibility index (Phi) is 4.09. The summed E-state index contributed by atoms with van der Waals surface area (Å²) in [6.45, 7) is 6.03. The first-order valence-corrected chi connectivity index (χ1v) is 6.96. The number of ether oxygens (including phenoxy) is 1. The van der Waals surface area contributed by atoms with Crippen LogP contribution in [0.5, 0.6) is 0 Å². The summed E-state index contributed by atoms with van der Waals surface area (Å²) < 4.78 is 5.29. The molecular formula is C14H18ClN3O3. The van der Waals surface area contributed by atoms with Crippen LogP contribution in [0.3, 0.4) is 0 Å². The number of amides is 2. The molecule has 2 heterocycles. The van der Waals surface area contributed by atoms with E-state index >= 15 is 0 Å². The van der Waals surface area contributed by atoms with Gasteiger partial charge in [0.15, 0.2) is 0 Å². The molecule has 0 atom stereocenters. The number of fused-ring (bicyclic) bond motifs is 1. The van der Waals surface area contributed by atoms with Gasteiger partial charge in [0.1, 0.15) is 10.8 Å². The summed E-state index contributed by atoms with van der Waals surface area (Å²) in [6, 6.07) is 1.54. The first-order chi connectivity index (χ1) is 9.67. The van der Waals surface area contributed by atoms with Crippen LogP contribution in [0.25, 0.3) is 0 Å². The molecule has 0 aromatic carbocycles. The Hall–Kier alpha value is -1.82. The Morgan fingerprint density at radius 3 is 2.81 bits per heavy atom. The number of nitrogens with one attached hydrogen (secondary N) is 1. The van der Waals surface area contributed by atoms with Gasteiger partial charge in [-0.15, -0.1) is 0 Å². The summed E-state index contributed by atoms with van der Waals surface area (Å²) in [7, 11) is 1.62. The van der Waals surface area contributed by atoms with Gasteiger partial charge >= 0.3 is 6.09 Å². The summed E-state index contributed by atoms with van der Waals surface area (Å²) in [5.74, 6) is -0.171. The average Bonchev–Trinajstić information content (AvgIpc) is 2.69. The summed E-state index contributed by atoms with van der Waals surface area (Å²) in [5.41, 5.74) is 1.33. The maximum absolute atomic E-state index is 12.0. The highest BCUT2D eigenvalue weighted by Crippen LogP contribution is 2.23. The molecule has 1 aromatic heterocycles. The van der Waals surface area contributed by atoms with Gasteiger partial charge in [-0.05, 0) is 26.8 Å². The molecule has 0 spiro atoms. The minimum Gasteiger partial charge on any atom is -0.444 e. The standard InChI is InChI=1S/C14H18ClN3O3/c1-14(2,3)21-13(20)18(4)7-10-9-6-16-12(19)8(9)5-11(15)17-10/h5H,6-7H2,1-4H3,(H,16,19). The van der Waals surface area contributed by atoms with E-state index < -0.39 is 11.7 Å². The lowest BCUT2D eigenvalue weighted by Gasteiger charge is -2.24.